The van der Waals surface area contributed by atoms with Crippen LogP contribution in [-0.4, -0.2) is 25.5 Å². The minimum atomic E-state index is -3.04. The summed E-state index contributed by atoms with van der Waals surface area (Å²) in [7, 11) is -3.04. The molecule has 1 aromatic rings. The van der Waals surface area contributed by atoms with Gasteiger partial charge in [-0.25, -0.2) is 8.42 Å². The van der Waals surface area contributed by atoms with E-state index in [0.29, 0.717) is 10.6 Å². The topological polar surface area (TPSA) is 54.4 Å². The molecule has 0 spiro atoms. The van der Waals surface area contributed by atoms with Crippen molar-refractivity contribution in [2.75, 3.05) is 12.0 Å². The molecule has 3 nitrogen and oxygen atoms in total. The Hall–Kier alpha value is -0.580. The number of benzene rings is 1. The van der Waals surface area contributed by atoms with Gasteiger partial charge in [0.15, 0.2) is 0 Å². The van der Waals surface area contributed by atoms with Gasteiger partial charge in [-0.1, -0.05) is 17.7 Å². The Balaban J connectivity index is 2.76. The van der Waals surface area contributed by atoms with Gasteiger partial charge >= 0.3 is 0 Å². The van der Waals surface area contributed by atoms with Crippen LogP contribution >= 0.6 is 11.6 Å². The molecule has 0 amide bonds. The number of aliphatic hydroxyl groups excluding tert-OH is 1. The van der Waals surface area contributed by atoms with Crippen LogP contribution in [0.2, 0.25) is 5.02 Å². The molecule has 0 saturated heterocycles. The number of aryl methyl sites for hydroxylation is 1. The Labute approximate surface area is 101 Å². The molecule has 5 heteroatoms. The molecule has 1 atom stereocenters. The van der Waals surface area contributed by atoms with Crippen LogP contribution in [0.5, 0.6) is 0 Å². The lowest BCUT2D eigenvalue weighted by atomic mass is 10.1. The minimum absolute atomic E-state index is 0.0280. The van der Waals surface area contributed by atoms with E-state index in [0.717, 1.165) is 11.8 Å². The van der Waals surface area contributed by atoms with Crippen molar-refractivity contribution < 1.29 is 13.5 Å². The molecular weight excluding hydrogens is 248 g/mol. The van der Waals surface area contributed by atoms with Gasteiger partial charge in [-0.05, 0) is 36.6 Å². The third kappa shape index (κ3) is 4.51. The fourth-order valence-corrected chi connectivity index (χ4v) is 2.40. The predicted octanol–water partition coefficient (Wildman–Crippen LogP) is 2.12. The maximum atomic E-state index is 11.0. The molecule has 1 aromatic carbocycles. The van der Waals surface area contributed by atoms with E-state index >= 15 is 0 Å². The van der Waals surface area contributed by atoms with E-state index in [-0.39, 0.29) is 12.2 Å². The first-order valence-corrected chi connectivity index (χ1v) is 7.34. The minimum Gasteiger partial charge on any atom is -0.388 e. The maximum Gasteiger partial charge on any atom is 0.147 e. The molecule has 0 fully saturated rings. The van der Waals surface area contributed by atoms with Crippen LogP contribution in [0.4, 0.5) is 0 Å². The summed E-state index contributed by atoms with van der Waals surface area (Å²) < 4.78 is 21.9. The highest BCUT2D eigenvalue weighted by Gasteiger charge is 2.12. The van der Waals surface area contributed by atoms with Crippen molar-refractivity contribution in [1.29, 1.82) is 0 Å². The summed E-state index contributed by atoms with van der Waals surface area (Å²) >= 11 is 5.85. The van der Waals surface area contributed by atoms with Gasteiger partial charge in [0.25, 0.3) is 0 Å². The molecule has 1 unspecified atom stereocenters. The Morgan fingerprint density at radius 1 is 1.38 bits per heavy atom. The summed E-state index contributed by atoms with van der Waals surface area (Å²) in [5.41, 5.74) is 1.61. The number of hydrogen-bond donors (Lipinski definition) is 1. The molecule has 0 bridgehead atoms. The van der Waals surface area contributed by atoms with Gasteiger partial charge in [0.2, 0.25) is 0 Å². The van der Waals surface area contributed by atoms with Crippen molar-refractivity contribution in [1.82, 2.24) is 0 Å². The summed E-state index contributed by atoms with van der Waals surface area (Å²) in [5.74, 6) is -0.0280. The molecule has 0 saturated carbocycles. The summed E-state index contributed by atoms with van der Waals surface area (Å²) in [6, 6.07) is 5.24. The maximum absolute atomic E-state index is 11.0. The lowest BCUT2D eigenvalue weighted by Crippen LogP contribution is -2.08. The fraction of sp³-hybridized carbons (Fsp3) is 0.455. The van der Waals surface area contributed by atoms with Crippen LogP contribution in [-0.2, 0) is 9.84 Å². The third-order valence-electron chi connectivity index (χ3n) is 2.21. The Morgan fingerprint density at radius 3 is 2.50 bits per heavy atom. The average Bonchev–Trinajstić information content (AvgIpc) is 2.11. The molecular formula is C11H15ClO3S. The molecule has 1 rings (SSSR count). The molecule has 16 heavy (non-hydrogen) atoms. The van der Waals surface area contributed by atoms with Crippen LogP contribution in [0.25, 0.3) is 0 Å². The van der Waals surface area contributed by atoms with Crippen molar-refractivity contribution >= 4 is 21.4 Å². The van der Waals surface area contributed by atoms with Crippen LogP contribution in [0.15, 0.2) is 18.2 Å². The molecule has 0 aliphatic rings. The quantitative estimate of drug-likeness (QED) is 0.904. The summed E-state index contributed by atoms with van der Waals surface area (Å²) in [5, 5.41) is 10.4. The Kier molecular flexibility index (Phi) is 4.35. The first kappa shape index (κ1) is 13.5. The molecule has 0 aliphatic carbocycles. The van der Waals surface area contributed by atoms with E-state index in [9.17, 15) is 13.5 Å². The zero-order chi connectivity index (χ0) is 12.3. The normalized spacial score (nSPS) is 13.8. The van der Waals surface area contributed by atoms with Crippen molar-refractivity contribution in [3.05, 3.63) is 34.3 Å². The highest BCUT2D eigenvalue weighted by molar-refractivity contribution is 7.90. The highest BCUT2D eigenvalue weighted by Crippen LogP contribution is 2.22. The first-order chi connectivity index (χ1) is 7.28. The Morgan fingerprint density at radius 2 is 2.00 bits per heavy atom. The standard InChI is InChI=1S/C11H15ClO3S/c1-8-5-9(7-10(12)6-8)11(13)3-4-16(2,14)15/h5-7,11,13H,3-4H2,1-2H3. The summed E-state index contributed by atoms with van der Waals surface area (Å²) in [4.78, 5) is 0. The zero-order valence-electron chi connectivity index (χ0n) is 9.27. The van der Waals surface area contributed by atoms with E-state index in [4.69, 9.17) is 11.6 Å². The van der Waals surface area contributed by atoms with Gasteiger partial charge in [0.1, 0.15) is 9.84 Å². The van der Waals surface area contributed by atoms with Crippen LogP contribution in [0.3, 0.4) is 0 Å². The van der Waals surface area contributed by atoms with Gasteiger partial charge in [-0.3, -0.25) is 0 Å². The van der Waals surface area contributed by atoms with Gasteiger partial charge in [-0.2, -0.15) is 0 Å². The molecule has 0 radical (unpaired) electrons. The SMILES string of the molecule is Cc1cc(Cl)cc(C(O)CCS(C)(=O)=O)c1. The van der Waals surface area contributed by atoms with Crippen molar-refractivity contribution in [2.24, 2.45) is 0 Å². The third-order valence-corrected chi connectivity index (χ3v) is 3.41. The van der Waals surface area contributed by atoms with Gasteiger partial charge in [0, 0.05) is 11.3 Å². The number of rotatable bonds is 4. The zero-order valence-corrected chi connectivity index (χ0v) is 10.8. The van der Waals surface area contributed by atoms with E-state index in [1.807, 2.05) is 6.92 Å². The second-order valence-electron chi connectivity index (χ2n) is 4.00. The molecule has 90 valence electrons. The lowest BCUT2D eigenvalue weighted by molar-refractivity contribution is 0.174. The number of sulfone groups is 1. The summed E-state index contributed by atoms with van der Waals surface area (Å²) in [6.07, 6.45) is 0.564. The molecule has 0 heterocycles. The molecule has 0 aromatic heterocycles. The number of aliphatic hydroxyl groups is 1. The van der Waals surface area contributed by atoms with E-state index in [2.05, 4.69) is 0 Å². The van der Waals surface area contributed by atoms with Crippen molar-refractivity contribution in [3.63, 3.8) is 0 Å². The largest absolute Gasteiger partial charge is 0.388 e. The van der Waals surface area contributed by atoms with Gasteiger partial charge in [-0.15, -0.1) is 0 Å². The van der Waals surface area contributed by atoms with E-state index in [1.54, 1.807) is 18.2 Å². The van der Waals surface area contributed by atoms with Crippen molar-refractivity contribution in [2.45, 2.75) is 19.4 Å². The monoisotopic (exact) mass is 262 g/mol. The summed E-state index contributed by atoms with van der Waals surface area (Å²) in [6.45, 7) is 1.87. The van der Waals surface area contributed by atoms with E-state index in [1.165, 1.54) is 0 Å². The first-order valence-electron chi connectivity index (χ1n) is 4.91. The Bertz CT molecular complexity index is 448. The van der Waals surface area contributed by atoms with Crippen LogP contribution < -0.4 is 0 Å². The fourth-order valence-electron chi connectivity index (χ4n) is 1.45. The second kappa shape index (κ2) is 5.17. The molecule has 1 N–H and O–H groups in total. The second-order valence-corrected chi connectivity index (χ2v) is 6.69. The smallest absolute Gasteiger partial charge is 0.147 e. The van der Waals surface area contributed by atoms with Gasteiger partial charge in [0.05, 0.1) is 11.9 Å². The lowest BCUT2D eigenvalue weighted by Gasteiger charge is -2.11. The molecule has 0 aliphatic heterocycles. The van der Waals surface area contributed by atoms with Gasteiger partial charge < -0.3 is 5.11 Å². The van der Waals surface area contributed by atoms with Crippen LogP contribution in [0, 0.1) is 6.92 Å². The van der Waals surface area contributed by atoms with E-state index < -0.39 is 15.9 Å². The number of halogens is 1. The number of hydrogen-bond acceptors (Lipinski definition) is 3. The van der Waals surface area contributed by atoms with Crippen molar-refractivity contribution in [3.8, 4) is 0 Å². The highest BCUT2D eigenvalue weighted by atomic mass is 35.5. The average molecular weight is 263 g/mol. The predicted molar refractivity (Wildman–Crippen MR) is 65.5 cm³/mol. The van der Waals surface area contributed by atoms with Crippen LogP contribution in [0.1, 0.15) is 23.7 Å².